The van der Waals surface area contributed by atoms with Gasteiger partial charge in [0.1, 0.15) is 0 Å². The Hall–Kier alpha value is -0.560. The summed E-state index contributed by atoms with van der Waals surface area (Å²) in [4.78, 5) is 0. The molecule has 0 aliphatic heterocycles. The number of allylic oxidation sites excluding steroid dienone is 2. The summed E-state index contributed by atoms with van der Waals surface area (Å²) in [5, 5.41) is 0. The molecular formula is C9H16O. The van der Waals surface area contributed by atoms with Gasteiger partial charge in [-0.2, -0.15) is 0 Å². The van der Waals surface area contributed by atoms with E-state index in [1.54, 1.807) is 7.11 Å². The summed E-state index contributed by atoms with van der Waals surface area (Å²) < 4.78 is 5.01. The largest absolute Gasteiger partial charge is 0.384 e. The number of hydrogen-bond donors (Lipinski definition) is 0. The van der Waals surface area contributed by atoms with Gasteiger partial charge in [0, 0.05) is 13.0 Å². The van der Waals surface area contributed by atoms with Crippen molar-refractivity contribution in [1.82, 2.24) is 0 Å². The van der Waals surface area contributed by atoms with Gasteiger partial charge in [0.25, 0.3) is 0 Å². The molecule has 58 valence electrons. The predicted octanol–water partition coefficient (Wildman–Crippen LogP) is 2.40. The van der Waals surface area contributed by atoms with Crippen molar-refractivity contribution >= 4 is 0 Å². The van der Waals surface area contributed by atoms with E-state index in [0.29, 0.717) is 5.92 Å². The zero-order valence-corrected chi connectivity index (χ0v) is 6.84. The van der Waals surface area contributed by atoms with Crippen molar-refractivity contribution in [2.24, 2.45) is 5.92 Å². The van der Waals surface area contributed by atoms with Crippen molar-refractivity contribution in [2.75, 3.05) is 13.7 Å². The Bertz CT molecular complexity index is 105. The van der Waals surface area contributed by atoms with Crippen LogP contribution < -0.4 is 0 Å². The average molecular weight is 140 g/mol. The van der Waals surface area contributed by atoms with Gasteiger partial charge in [-0.25, -0.2) is 0 Å². The minimum Gasteiger partial charge on any atom is -0.384 e. The van der Waals surface area contributed by atoms with Gasteiger partial charge < -0.3 is 4.74 Å². The van der Waals surface area contributed by atoms with Crippen LogP contribution in [0.5, 0.6) is 0 Å². The van der Waals surface area contributed by atoms with Crippen LogP contribution in [0.2, 0.25) is 0 Å². The Morgan fingerprint density at radius 3 is 2.70 bits per heavy atom. The molecule has 1 atom stereocenters. The maximum atomic E-state index is 5.01. The molecule has 0 bridgehead atoms. The topological polar surface area (TPSA) is 9.23 Å². The van der Waals surface area contributed by atoms with Gasteiger partial charge in [0.05, 0.1) is 6.61 Å². The van der Waals surface area contributed by atoms with Crippen LogP contribution in [-0.2, 0) is 4.74 Å². The number of rotatable bonds is 5. The first-order chi connectivity index (χ1) is 4.85. The lowest BCUT2D eigenvalue weighted by Gasteiger charge is -2.06. The fourth-order valence-electron chi connectivity index (χ4n) is 0.902. The van der Waals surface area contributed by atoms with Gasteiger partial charge >= 0.3 is 0 Å². The molecule has 0 aliphatic rings. The Morgan fingerprint density at radius 1 is 1.60 bits per heavy atom. The first kappa shape index (κ1) is 9.44. The first-order valence-corrected chi connectivity index (χ1v) is 3.57. The molecule has 1 unspecified atom stereocenters. The quantitative estimate of drug-likeness (QED) is 0.533. The number of hydrogen-bond acceptors (Lipinski definition) is 1. The zero-order chi connectivity index (χ0) is 7.82. The molecular weight excluding hydrogens is 124 g/mol. The lowest BCUT2D eigenvalue weighted by molar-refractivity contribution is 0.171. The molecule has 0 aliphatic carbocycles. The molecule has 1 heteroatoms. The highest BCUT2D eigenvalue weighted by Gasteiger charge is 1.98. The molecule has 10 heavy (non-hydrogen) atoms. The maximum absolute atomic E-state index is 5.01. The highest BCUT2D eigenvalue weighted by Crippen LogP contribution is 2.05. The van der Waals surface area contributed by atoms with Crippen molar-refractivity contribution in [2.45, 2.75) is 13.3 Å². The first-order valence-electron chi connectivity index (χ1n) is 3.57. The standard InChI is InChI=1S/C9H16O/c1-4-6-9(7-5-2)8-10-3/h4-5,7,9H,1,6,8H2,2-3H3/b7-5-. The summed E-state index contributed by atoms with van der Waals surface area (Å²) in [5.74, 6) is 0.507. The van der Waals surface area contributed by atoms with Gasteiger partial charge in [-0.05, 0) is 13.3 Å². The van der Waals surface area contributed by atoms with Crippen molar-refractivity contribution in [1.29, 1.82) is 0 Å². The molecule has 0 aromatic rings. The molecule has 1 nitrogen and oxygen atoms in total. The van der Waals surface area contributed by atoms with Crippen LogP contribution in [0.3, 0.4) is 0 Å². The van der Waals surface area contributed by atoms with Crippen LogP contribution in [0.15, 0.2) is 24.8 Å². The lowest BCUT2D eigenvalue weighted by Crippen LogP contribution is -2.03. The summed E-state index contributed by atoms with van der Waals surface area (Å²) in [7, 11) is 1.72. The maximum Gasteiger partial charge on any atom is 0.0527 e. The van der Waals surface area contributed by atoms with Crippen LogP contribution in [0.4, 0.5) is 0 Å². The molecule has 0 spiro atoms. The second-order valence-corrected chi connectivity index (χ2v) is 2.27. The normalized spacial score (nSPS) is 13.8. The molecule has 0 amide bonds. The summed E-state index contributed by atoms with van der Waals surface area (Å²) in [5.41, 5.74) is 0. The molecule has 0 radical (unpaired) electrons. The van der Waals surface area contributed by atoms with E-state index in [2.05, 4.69) is 12.7 Å². The smallest absolute Gasteiger partial charge is 0.0527 e. The highest BCUT2D eigenvalue weighted by molar-refractivity contribution is 4.89. The van der Waals surface area contributed by atoms with Crippen molar-refractivity contribution in [3.63, 3.8) is 0 Å². The third kappa shape index (κ3) is 4.33. The van der Waals surface area contributed by atoms with Crippen LogP contribution in [0.1, 0.15) is 13.3 Å². The van der Waals surface area contributed by atoms with E-state index in [9.17, 15) is 0 Å². The van der Waals surface area contributed by atoms with E-state index in [1.165, 1.54) is 0 Å². The van der Waals surface area contributed by atoms with Crippen molar-refractivity contribution in [3.8, 4) is 0 Å². The van der Waals surface area contributed by atoms with Gasteiger partial charge in [0.15, 0.2) is 0 Å². The zero-order valence-electron chi connectivity index (χ0n) is 6.84. The third-order valence-electron chi connectivity index (χ3n) is 1.31. The van der Waals surface area contributed by atoms with Crippen molar-refractivity contribution < 1.29 is 4.74 Å². The van der Waals surface area contributed by atoms with Crippen LogP contribution in [0, 0.1) is 5.92 Å². The van der Waals surface area contributed by atoms with E-state index in [-0.39, 0.29) is 0 Å². The van der Waals surface area contributed by atoms with Gasteiger partial charge in [-0.15, -0.1) is 6.58 Å². The Morgan fingerprint density at radius 2 is 2.30 bits per heavy atom. The van der Waals surface area contributed by atoms with Gasteiger partial charge in [-0.3, -0.25) is 0 Å². The third-order valence-corrected chi connectivity index (χ3v) is 1.31. The van der Waals surface area contributed by atoms with Gasteiger partial charge in [-0.1, -0.05) is 18.2 Å². The molecule has 0 saturated carbocycles. The Labute approximate surface area is 63.4 Å². The minimum atomic E-state index is 0.507. The summed E-state index contributed by atoms with van der Waals surface area (Å²) >= 11 is 0. The molecule has 0 heterocycles. The molecule has 0 rings (SSSR count). The molecule has 0 aromatic heterocycles. The van der Waals surface area contributed by atoms with E-state index in [0.717, 1.165) is 13.0 Å². The monoisotopic (exact) mass is 140 g/mol. The Balaban J connectivity index is 3.60. The second kappa shape index (κ2) is 6.56. The molecule has 0 fully saturated rings. The van der Waals surface area contributed by atoms with Crippen LogP contribution in [0.25, 0.3) is 0 Å². The van der Waals surface area contributed by atoms with Crippen molar-refractivity contribution in [3.05, 3.63) is 24.8 Å². The van der Waals surface area contributed by atoms with E-state index in [4.69, 9.17) is 4.74 Å². The lowest BCUT2D eigenvalue weighted by atomic mass is 10.1. The molecule has 0 N–H and O–H groups in total. The molecule has 0 saturated heterocycles. The average Bonchev–Trinajstić information content (AvgIpc) is 1.90. The summed E-state index contributed by atoms with van der Waals surface area (Å²) in [6.45, 7) is 6.48. The summed E-state index contributed by atoms with van der Waals surface area (Å²) in [6, 6.07) is 0. The summed E-state index contributed by atoms with van der Waals surface area (Å²) in [6.07, 6.45) is 7.11. The minimum absolute atomic E-state index is 0.507. The van der Waals surface area contributed by atoms with E-state index >= 15 is 0 Å². The van der Waals surface area contributed by atoms with Crippen LogP contribution in [-0.4, -0.2) is 13.7 Å². The highest BCUT2D eigenvalue weighted by atomic mass is 16.5. The SMILES string of the molecule is C=CCC(/C=C\C)COC. The second-order valence-electron chi connectivity index (χ2n) is 2.27. The van der Waals surface area contributed by atoms with E-state index < -0.39 is 0 Å². The van der Waals surface area contributed by atoms with Crippen LogP contribution >= 0.6 is 0 Å². The van der Waals surface area contributed by atoms with Gasteiger partial charge in [0.2, 0.25) is 0 Å². The fraction of sp³-hybridized carbons (Fsp3) is 0.556. The number of methoxy groups -OCH3 is 1. The number of ether oxygens (including phenoxy) is 1. The van der Waals surface area contributed by atoms with E-state index in [1.807, 2.05) is 19.1 Å². The Kier molecular flexibility index (Phi) is 6.19. The predicted molar refractivity (Wildman–Crippen MR) is 45.0 cm³/mol. The fourth-order valence-corrected chi connectivity index (χ4v) is 0.902. The molecule has 0 aromatic carbocycles.